The summed E-state index contributed by atoms with van der Waals surface area (Å²) in [6.07, 6.45) is 2.43. The molecule has 0 spiro atoms. The van der Waals surface area contributed by atoms with Gasteiger partial charge in [-0.15, -0.1) is 0 Å². The lowest BCUT2D eigenvalue weighted by atomic mass is 9.96. The van der Waals surface area contributed by atoms with E-state index in [2.05, 4.69) is 29.0 Å². The Balaban J connectivity index is 1.42. The van der Waals surface area contributed by atoms with Crippen LogP contribution in [-0.4, -0.2) is 59.6 Å². The molecule has 7 heteroatoms. The average Bonchev–Trinajstić information content (AvgIpc) is 2.91. The molecule has 0 unspecified atom stereocenters. The Morgan fingerprint density at radius 3 is 2.43 bits per heavy atom. The van der Waals surface area contributed by atoms with Crippen molar-refractivity contribution in [2.24, 2.45) is 5.92 Å². The molecular formula is C28H37N5O2. The number of hydrogen-bond acceptors (Lipinski definition) is 5. The summed E-state index contributed by atoms with van der Waals surface area (Å²) >= 11 is 0. The second kappa shape index (κ2) is 12.0. The number of hydrogen-bond donors (Lipinski definition) is 1. The lowest BCUT2D eigenvalue weighted by Gasteiger charge is -2.32. The minimum Gasteiger partial charge on any atom is -0.356 e. The average molecular weight is 476 g/mol. The zero-order chi connectivity index (χ0) is 24.6. The van der Waals surface area contributed by atoms with Crippen molar-refractivity contribution in [1.82, 2.24) is 19.8 Å². The molecular weight excluding hydrogens is 438 g/mol. The topological polar surface area (TPSA) is 70.5 Å². The molecule has 2 heterocycles. The Morgan fingerprint density at radius 1 is 1.03 bits per heavy atom. The van der Waals surface area contributed by atoms with Gasteiger partial charge in [0.25, 0.3) is 5.56 Å². The number of para-hydroxylation sites is 2. The molecule has 35 heavy (non-hydrogen) atoms. The molecule has 3 aromatic rings. The summed E-state index contributed by atoms with van der Waals surface area (Å²) < 4.78 is 1.82. The maximum Gasteiger partial charge on any atom is 0.294 e. The monoisotopic (exact) mass is 475 g/mol. The normalized spacial score (nSPS) is 14.5. The minimum absolute atomic E-state index is 0.00768. The fourth-order valence-corrected chi connectivity index (χ4v) is 4.86. The minimum atomic E-state index is -0.0770. The Labute approximate surface area is 207 Å². The Morgan fingerprint density at radius 2 is 1.71 bits per heavy atom. The molecule has 0 atom stereocenters. The van der Waals surface area contributed by atoms with Crippen LogP contribution >= 0.6 is 0 Å². The second-order valence-corrected chi connectivity index (χ2v) is 9.23. The number of carbonyl (C=O) groups is 1. The summed E-state index contributed by atoms with van der Waals surface area (Å²) in [4.78, 5) is 35.4. The van der Waals surface area contributed by atoms with E-state index in [1.54, 1.807) is 0 Å². The van der Waals surface area contributed by atoms with Crippen LogP contribution in [0.15, 0.2) is 59.4 Å². The van der Waals surface area contributed by atoms with Crippen LogP contribution in [0.3, 0.4) is 0 Å². The molecule has 0 saturated carbocycles. The fourth-order valence-electron chi connectivity index (χ4n) is 4.86. The van der Waals surface area contributed by atoms with Gasteiger partial charge in [0.05, 0.1) is 17.6 Å². The van der Waals surface area contributed by atoms with Crippen molar-refractivity contribution in [3.05, 3.63) is 70.5 Å². The highest BCUT2D eigenvalue weighted by molar-refractivity contribution is 5.79. The van der Waals surface area contributed by atoms with Crippen LogP contribution in [-0.2, 0) is 11.3 Å². The molecule has 1 N–H and O–H groups in total. The van der Waals surface area contributed by atoms with Gasteiger partial charge in [0.2, 0.25) is 5.91 Å². The molecule has 0 aliphatic carbocycles. The Bertz CT molecular complexity index is 1160. The molecule has 0 radical (unpaired) electrons. The lowest BCUT2D eigenvalue weighted by Crippen LogP contribution is -2.43. The molecule has 1 aliphatic heterocycles. The highest BCUT2D eigenvalue weighted by atomic mass is 16.2. The van der Waals surface area contributed by atoms with E-state index in [1.165, 1.54) is 0 Å². The molecule has 1 aliphatic rings. The standard InChI is InChI=1S/C28H37N5O2/c1-3-31(4-2)18-10-17-29-27(34)23-15-19-32(20-16-23)26-28(35)33(21-22-11-6-5-7-12-22)25-14-9-8-13-24(25)30-26/h5-9,11-14,23H,3-4,10,15-21H2,1-2H3,(H,29,34). The number of amides is 1. The molecule has 1 saturated heterocycles. The maximum atomic E-state index is 13.6. The van der Waals surface area contributed by atoms with Crippen molar-refractivity contribution in [3.63, 3.8) is 0 Å². The van der Waals surface area contributed by atoms with Crippen LogP contribution < -0.4 is 15.8 Å². The first kappa shape index (κ1) is 24.9. The summed E-state index contributed by atoms with van der Waals surface area (Å²) in [5.74, 6) is 0.613. The van der Waals surface area contributed by atoms with E-state index in [1.807, 2.05) is 59.2 Å². The maximum absolute atomic E-state index is 13.6. The first-order valence-corrected chi connectivity index (χ1v) is 12.9. The van der Waals surface area contributed by atoms with Gasteiger partial charge in [-0.05, 0) is 56.6 Å². The quantitative estimate of drug-likeness (QED) is 0.455. The van der Waals surface area contributed by atoms with Crippen LogP contribution in [0.1, 0.15) is 38.7 Å². The van der Waals surface area contributed by atoms with Crippen LogP contribution in [0.4, 0.5) is 5.82 Å². The lowest BCUT2D eigenvalue weighted by molar-refractivity contribution is -0.125. The number of piperidine rings is 1. The third-order valence-electron chi connectivity index (χ3n) is 7.03. The summed E-state index contributed by atoms with van der Waals surface area (Å²) in [6.45, 7) is 9.94. The van der Waals surface area contributed by atoms with Crippen LogP contribution in [0.25, 0.3) is 11.0 Å². The zero-order valence-electron chi connectivity index (χ0n) is 20.9. The van der Waals surface area contributed by atoms with E-state index in [9.17, 15) is 9.59 Å². The van der Waals surface area contributed by atoms with E-state index in [4.69, 9.17) is 4.98 Å². The third-order valence-corrected chi connectivity index (χ3v) is 7.03. The van der Waals surface area contributed by atoms with Crippen LogP contribution in [0, 0.1) is 5.92 Å². The van der Waals surface area contributed by atoms with Crippen LogP contribution in [0.2, 0.25) is 0 Å². The summed E-state index contributed by atoms with van der Waals surface area (Å²) in [7, 11) is 0. The molecule has 7 nitrogen and oxygen atoms in total. The van der Waals surface area contributed by atoms with Crippen molar-refractivity contribution in [2.75, 3.05) is 44.2 Å². The largest absolute Gasteiger partial charge is 0.356 e. The van der Waals surface area contributed by atoms with E-state index in [0.29, 0.717) is 32.0 Å². The zero-order valence-corrected chi connectivity index (χ0v) is 20.9. The Hall–Kier alpha value is -3.19. The van der Waals surface area contributed by atoms with Crippen molar-refractivity contribution in [2.45, 2.75) is 39.7 Å². The first-order chi connectivity index (χ1) is 17.1. The molecule has 1 fully saturated rings. The summed E-state index contributed by atoms with van der Waals surface area (Å²) in [5, 5.41) is 3.12. The first-order valence-electron chi connectivity index (χ1n) is 12.9. The van der Waals surface area contributed by atoms with E-state index in [0.717, 1.165) is 55.5 Å². The van der Waals surface area contributed by atoms with Gasteiger partial charge in [0, 0.05) is 25.6 Å². The summed E-state index contributed by atoms with van der Waals surface area (Å²) in [6, 6.07) is 17.8. The predicted molar refractivity (Wildman–Crippen MR) is 142 cm³/mol. The van der Waals surface area contributed by atoms with Gasteiger partial charge in [-0.2, -0.15) is 0 Å². The van der Waals surface area contributed by atoms with Crippen LogP contribution in [0.5, 0.6) is 0 Å². The number of fused-ring (bicyclic) bond motifs is 1. The molecule has 1 aromatic heterocycles. The summed E-state index contributed by atoms with van der Waals surface area (Å²) in [5.41, 5.74) is 2.65. The number of anilines is 1. The van der Waals surface area contributed by atoms with Crippen molar-refractivity contribution >= 4 is 22.8 Å². The van der Waals surface area contributed by atoms with Gasteiger partial charge in [0.15, 0.2) is 5.82 Å². The van der Waals surface area contributed by atoms with Gasteiger partial charge in [0.1, 0.15) is 0 Å². The van der Waals surface area contributed by atoms with Gasteiger partial charge in [-0.1, -0.05) is 56.3 Å². The molecule has 4 rings (SSSR count). The van der Waals surface area contributed by atoms with Gasteiger partial charge >= 0.3 is 0 Å². The van der Waals surface area contributed by atoms with Gasteiger partial charge in [-0.3, -0.25) is 14.2 Å². The highest BCUT2D eigenvalue weighted by Crippen LogP contribution is 2.22. The van der Waals surface area contributed by atoms with E-state index >= 15 is 0 Å². The predicted octanol–water partition coefficient (Wildman–Crippen LogP) is 3.51. The highest BCUT2D eigenvalue weighted by Gasteiger charge is 2.27. The smallest absolute Gasteiger partial charge is 0.294 e. The van der Waals surface area contributed by atoms with Crippen molar-refractivity contribution < 1.29 is 4.79 Å². The molecule has 1 amide bonds. The molecule has 0 bridgehead atoms. The van der Waals surface area contributed by atoms with E-state index < -0.39 is 0 Å². The fraction of sp³-hybridized carbons (Fsp3) is 0.464. The second-order valence-electron chi connectivity index (χ2n) is 9.23. The Kier molecular flexibility index (Phi) is 8.53. The molecule has 186 valence electrons. The number of nitrogens with zero attached hydrogens (tertiary/aromatic N) is 4. The van der Waals surface area contributed by atoms with E-state index in [-0.39, 0.29) is 17.4 Å². The number of aromatic nitrogens is 2. The van der Waals surface area contributed by atoms with Crippen molar-refractivity contribution in [1.29, 1.82) is 0 Å². The van der Waals surface area contributed by atoms with Gasteiger partial charge in [-0.25, -0.2) is 4.98 Å². The number of benzene rings is 2. The van der Waals surface area contributed by atoms with Gasteiger partial charge < -0.3 is 15.1 Å². The molecule has 2 aromatic carbocycles. The third kappa shape index (κ3) is 6.09. The van der Waals surface area contributed by atoms with Crippen molar-refractivity contribution in [3.8, 4) is 0 Å². The SMILES string of the molecule is CCN(CC)CCCNC(=O)C1CCN(c2nc3ccccc3n(Cc3ccccc3)c2=O)CC1. The number of carbonyl (C=O) groups excluding carboxylic acids is 1. The number of rotatable bonds is 10. The number of nitrogens with one attached hydrogen (secondary N) is 1.